The minimum absolute atomic E-state index is 0.0367. The number of hydrogen-bond donors (Lipinski definition) is 2. The zero-order valence-electron chi connectivity index (χ0n) is 11.2. The van der Waals surface area contributed by atoms with Crippen molar-refractivity contribution in [2.45, 2.75) is 26.8 Å². The second-order valence-electron chi connectivity index (χ2n) is 4.24. The molecule has 18 heavy (non-hydrogen) atoms. The largest absolute Gasteiger partial charge is 0.395 e. The molecule has 0 fully saturated rings. The summed E-state index contributed by atoms with van der Waals surface area (Å²) >= 11 is 0. The summed E-state index contributed by atoms with van der Waals surface area (Å²) in [4.78, 5) is 1.92. The summed E-state index contributed by atoms with van der Waals surface area (Å²) in [7, 11) is 0. The van der Waals surface area contributed by atoms with Crippen LogP contribution in [0.5, 0.6) is 0 Å². The molecule has 1 aromatic rings. The number of anilines is 1. The van der Waals surface area contributed by atoms with Crippen molar-refractivity contribution in [2.75, 3.05) is 31.1 Å². The van der Waals surface area contributed by atoms with Gasteiger partial charge in [0.2, 0.25) is 0 Å². The molecule has 3 nitrogen and oxygen atoms in total. The van der Waals surface area contributed by atoms with E-state index in [0.29, 0.717) is 18.8 Å². The topological polar surface area (TPSA) is 35.5 Å². The quantitative estimate of drug-likeness (QED) is 0.746. The SMILES string of the molecule is CCCN(CCO)c1c(F)cccc1CNCC. The van der Waals surface area contributed by atoms with Gasteiger partial charge in [-0.2, -0.15) is 0 Å². The molecule has 2 N–H and O–H groups in total. The number of nitrogens with one attached hydrogen (secondary N) is 1. The number of nitrogens with zero attached hydrogens (tertiary/aromatic N) is 1. The van der Waals surface area contributed by atoms with Gasteiger partial charge in [0.05, 0.1) is 12.3 Å². The van der Waals surface area contributed by atoms with Crippen molar-refractivity contribution in [2.24, 2.45) is 0 Å². The molecule has 0 aliphatic carbocycles. The lowest BCUT2D eigenvalue weighted by atomic mass is 10.1. The average Bonchev–Trinajstić information content (AvgIpc) is 2.36. The van der Waals surface area contributed by atoms with Crippen LogP contribution in [0.2, 0.25) is 0 Å². The number of aliphatic hydroxyl groups is 1. The first kappa shape index (κ1) is 14.9. The number of rotatable bonds is 8. The molecule has 0 bridgehead atoms. The molecule has 1 aromatic carbocycles. The van der Waals surface area contributed by atoms with Gasteiger partial charge < -0.3 is 15.3 Å². The van der Waals surface area contributed by atoms with Crippen LogP contribution in [-0.4, -0.2) is 31.3 Å². The normalized spacial score (nSPS) is 10.7. The van der Waals surface area contributed by atoms with Crippen molar-refractivity contribution >= 4 is 5.69 Å². The summed E-state index contributed by atoms with van der Waals surface area (Å²) in [5, 5.41) is 12.3. The van der Waals surface area contributed by atoms with E-state index in [2.05, 4.69) is 12.2 Å². The zero-order chi connectivity index (χ0) is 13.4. The van der Waals surface area contributed by atoms with Crippen LogP contribution >= 0.6 is 0 Å². The van der Waals surface area contributed by atoms with Crippen LogP contribution in [0.1, 0.15) is 25.8 Å². The number of para-hydroxylation sites is 1. The fraction of sp³-hybridized carbons (Fsp3) is 0.571. The van der Waals surface area contributed by atoms with Crippen molar-refractivity contribution < 1.29 is 9.50 Å². The first-order valence-electron chi connectivity index (χ1n) is 6.58. The highest BCUT2D eigenvalue weighted by Crippen LogP contribution is 2.24. The molecule has 0 saturated heterocycles. The Kier molecular flexibility index (Phi) is 6.68. The van der Waals surface area contributed by atoms with Gasteiger partial charge in [-0.25, -0.2) is 4.39 Å². The second kappa shape index (κ2) is 8.06. The standard InChI is InChI=1S/C14H23FN2O/c1-3-8-17(9-10-18)14-12(11-16-4-2)6-5-7-13(14)15/h5-7,16,18H,3-4,8-11H2,1-2H3. The Bertz CT molecular complexity index is 352. The summed E-state index contributed by atoms with van der Waals surface area (Å²) in [6, 6.07) is 5.14. The van der Waals surface area contributed by atoms with Gasteiger partial charge >= 0.3 is 0 Å². The fourth-order valence-electron chi connectivity index (χ4n) is 2.04. The van der Waals surface area contributed by atoms with Crippen LogP contribution in [0.4, 0.5) is 10.1 Å². The molecule has 0 aliphatic rings. The van der Waals surface area contributed by atoms with Gasteiger partial charge in [-0.3, -0.25) is 0 Å². The molecule has 0 atom stereocenters. The van der Waals surface area contributed by atoms with Crippen molar-refractivity contribution in [3.63, 3.8) is 0 Å². The number of benzene rings is 1. The van der Waals surface area contributed by atoms with Crippen LogP contribution in [0, 0.1) is 5.82 Å². The highest BCUT2D eigenvalue weighted by Gasteiger charge is 2.14. The smallest absolute Gasteiger partial charge is 0.146 e. The van der Waals surface area contributed by atoms with Crippen LogP contribution < -0.4 is 10.2 Å². The molecule has 0 saturated carbocycles. The van der Waals surface area contributed by atoms with Crippen molar-refractivity contribution in [1.29, 1.82) is 0 Å². The zero-order valence-corrected chi connectivity index (χ0v) is 11.2. The monoisotopic (exact) mass is 254 g/mol. The van der Waals surface area contributed by atoms with Gasteiger partial charge in [0.25, 0.3) is 0 Å². The molecule has 0 radical (unpaired) electrons. The Hall–Kier alpha value is -1.13. The van der Waals surface area contributed by atoms with Gasteiger partial charge in [0.15, 0.2) is 0 Å². The Morgan fingerprint density at radius 3 is 2.67 bits per heavy atom. The number of halogens is 1. The van der Waals surface area contributed by atoms with Crippen LogP contribution in [-0.2, 0) is 6.54 Å². The molecule has 0 spiro atoms. The van der Waals surface area contributed by atoms with Crippen LogP contribution in [0.25, 0.3) is 0 Å². The lowest BCUT2D eigenvalue weighted by Crippen LogP contribution is -2.30. The van der Waals surface area contributed by atoms with Gasteiger partial charge in [0, 0.05) is 19.6 Å². The number of hydrogen-bond acceptors (Lipinski definition) is 3. The Balaban J connectivity index is 3.00. The van der Waals surface area contributed by atoms with E-state index in [1.807, 2.05) is 17.9 Å². The van der Waals surface area contributed by atoms with E-state index in [9.17, 15) is 4.39 Å². The Labute approximate surface area is 109 Å². The minimum Gasteiger partial charge on any atom is -0.395 e. The maximum absolute atomic E-state index is 14.0. The highest BCUT2D eigenvalue weighted by molar-refractivity contribution is 5.55. The molecule has 0 amide bonds. The van der Waals surface area contributed by atoms with E-state index in [-0.39, 0.29) is 12.4 Å². The van der Waals surface area contributed by atoms with E-state index in [4.69, 9.17) is 5.11 Å². The van der Waals surface area contributed by atoms with Crippen molar-refractivity contribution in [1.82, 2.24) is 5.32 Å². The van der Waals surface area contributed by atoms with Crippen LogP contribution in [0.3, 0.4) is 0 Å². The van der Waals surface area contributed by atoms with Gasteiger partial charge in [-0.15, -0.1) is 0 Å². The molecular formula is C14H23FN2O. The third kappa shape index (κ3) is 3.96. The summed E-state index contributed by atoms with van der Waals surface area (Å²) in [6.45, 7) is 6.83. The maximum Gasteiger partial charge on any atom is 0.146 e. The lowest BCUT2D eigenvalue weighted by molar-refractivity contribution is 0.301. The fourth-order valence-corrected chi connectivity index (χ4v) is 2.04. The summed E-state index contributed by atoms with van der Waals surface area (Å²) in [5.74, 6) is -0.215. The molecule has 0 unspecified atom stereocenters. The first-order chi connectivity index (χ1) is 8.74. The van der Waals surface area contributed by atoms with Gasteiger partial charge in [0.1, 0.15) is 5.82 Å². The minimum atomic E-state index is -0.215. The number of aliphatic hydroxyl groups excluding tert-OH is 1. The Morgan fingerprint density at radius 1 is 1.28 bits per heavy atom. The van der Waals surface area contributed by atoms with E-state index < -0.39 is 0 Å². The van der Waals surface area contributed by atoms with E-state index in [1.54, 1.807) is 6.07 Å². The predicted octanol–water partition coefficient (Wildman–Crippen LogP) is 2.14. The summed E-state index contributed by atoms with van der Waals surface area (Å²) in [6.07, 6.45) is 0.926. The van der Waals surface area contributed by atoms with E-state index >= 15 is 0 Å². The van der Waals surface area contributed by atoms with E-state index in [1.165, 1.54) is 6.07 Å². The maximum atomic E-state index is 14.0. The first-order valence-corrected chi connectivity index (χ1v) is 6.58. The predicted molar refractivity (Wildman–Crippen MR) is 73.4 cm³/mol. The third-order valence-corrected chi connectivity index (χ3v) is 2.82. The lowest BCUT2D eigenvalue weighted by Gasteiger charge is -2.26. The molecule has 4 heteroatoms. The molecule has 102 valence electrons. The summed E-state index contributed by atoms with van der Waals surface area (Å²) < 4.78 is 14.0. The van der Waals surface area contributed by atoms with Crippen molar-refractivity contribution in [3.05, 3.63) is 29.6 Å². The molecular weight excluding hydrogens is 231 g/mol. The van der Waals surface area contributed by atoms with Gasteiger partial charge in [-0.05, 0) is 24.6 Å². The van der Waals surface area contributed by atoms with Crippen molar-refractivity contribution in [3.8, 4) is 0 Å². The molecule has 1 rings (SSSR count). The highest BCUT2D eigenvalue weighted by atomic mass is 19.1. The third-order valence-electron chi connectivity index (χ3n) is 2.82. The second-order valence-corrected chi connectivity index (χ2v) is 4.24. The molecule has 0 heterocycles. The molecule has 0 aliphatic heterocycles. The van der Waals surface area contributed by atoms with Gasteiger partial charge in [-0.1, -0.05) is 26.0 Å². The Morgan fingerprint density at radius 2 is 2.06 bits per heavy atom. The van der Waals surface area contributed by atoms with E-state index in [0.717, 1.165) is 25.1 Å². The average molecular weight is 254 g/mol. The molecule has 0 aromatic heterocycles. The van der Waals surface area contributed by atoms with Crippen LogP contribution in [0.15, 0.2) is 18.2 Å². The summed E-state index contributed by atoms with van der Waals surface area (Å²) in [5.41, 5.74) is 1.56.